The molecule has 0 fully saturated rings. The number of primary amides is 1. The van der Waals surface area contributed by atoms with Crippen LogP contribution in [0.1, 0.15) is 45.0 Å². The Hall–Kier alpha value is -4.73. The summed E-state index contributed by atoms with van der Waals surface area (Å²) in [6, 6.07) is 13.9. The number of aromatic amines is 2. The van der Waals surface area contributed by atoms with E-state index in [1.54, 1.807) is 57.2 Å². The van der Waals surface area contributed by atoms with Gasteiger partial charge in [0.2, 0.25) is 0 Å². The van der Waals surface area contributed by atoms with Crippen molar-refractivity contribution in [2.45, 2.75) is 33.2 Å². The van der Waals surface area contributed by atoms with Gasteiger partial charge < -0.3 is 20.8 Å². The highest BCUT2D eigenvalue weighted by atomic mass is 35.5. The van der Waals surface area contributed by atoms with E-state index in [-0.39, 0.29) is 21.7 Å². The molecule has 0 unspecified atom stereocenters. The predicted molar refractivity (Wildman–Crippen MR) is 163 cm³/mol. The van der Waals surface area contributed by atoms with Crippen LogP contribution < -0.4 is 17.0 Å². The van der Waals surface area contributed by atoms with Crippen LogP contribution in [0.5, 0.6) is 0 Å². The Labute approximate surface area is 247 Å². The van der Waals surface area contributed by atoms with Gasteiger partial charge in [-0.25, -0.2) is 13.8 Å². The van der Waals surface area contributed by atoms with Crippen LogP contribution in [0.15, 0.2) is 64.2 Å². The number of aliphatic hydroxyl groups is 1. The van der Waals surface area contributed by atoms with Crippen LogP contribution >= 0.6 is 11.6 Å². The van der Waals surface area contributed by atoms with Gasteiger partial charge in [-0.2, -0.15) is 0 Å². The normalized spacial score (nSPS) is 13.4. The third kappa shape index (κ3) is 4.04. The van der Waals surface area contributed by atoms with Crippen molar-refractivity contribution in [2.24, 2.45) is 5.73 Å². The molecule has 0 atom stereocenters. The molecule has 0 radical (unpaired) electrons. The van der Waals surface area contributed by atoms with Gasteiger partial charge in [-0.3, -0.25) is 9.59 Å². The van der Waals surface area contributed by atoms with Gasteiger partial charge in [0.25, 0.3) is 11.5 Å². The third-order valence-electron chi connectivity index (χ3n) is 7.63. The quantitative estimate of drug-likeness (QED) is 0.210. The topological polar surface area (TPSA) is 134 Å². The number of amides is 1. The number of H-pyrrole nitrogens is 2. The van der Waals surface area contributed by atoms with E-state index in [1.807, 2.05) is 0 Å². The molecule has 6 aromatic rings. The van der Waals surface area contributed by atoms with Crippen molar-refractivity contribution in [2.75, 3.05) is 0 Å². The van der Waals surface area contributed by atoms with Crippen molar-refractivity contribution in [1.82, 2.24) is 14.5 Å². The first kappa shape index (κ1) is 23.9. The van der Waals surface area contributed by atoms with Crippen molar-refractivity contribution in [1.29, 1.82) is 0 Å². The number of nitrogens with one attached hydrogen (secondary N) is 2. The minimum atomic E-state index is -2.79. The third-order valence-corrected chi connectivity index (χ3v) is 7.92. The van der Waals surface area contributed by atoms with Crippen molar-refractivity contribution < 1.29 is 18.4 Å². The van der Waals surface area contributed by atoms with E-state index in [4.69, 9.17) is 21.4 Å². The highest BCUT2D eigenvalue weighted by molar-refractivity contribution is 6.37. The summed E-state index contributed by atoms with van der Waals surface area (Å²) >= 11 is 6.84. The molecule has 2 heterocycles. The van der Waals surface area contributed by atoms with E-state index in [0.717, 1.165) is 10.6 Å². The molecule has 0 aliphatic heterocycles. The molecule has 212 valence electrons. The summed E-state index contributed by atoms with van der Waals surface area (Å²) in [6.45, 7) is 2.20. The Balaban J connectivity index is 1.65. The lowest BCUT2D eigenvalue weighted by atomic mass is 9.92. The molecule has 6 rings (SSSR count). The maximum Gasteiger partial charge on any atom is 0.333 e. The van der Waals surface area contributed by atoms with Crippen molar-refractivity contribution in [3.8, 4) is 16.8 Å². The lowest BCUT2D eigenvalue weighted by molar-refractivity contribution is 0.0787. The van der Waals surface area contributed by atoms with Crippen LogP contribution in [-0.2, 0) is 5.60 Å². The highest BCUT2D eigenvalue weighted by Crippen LogP contribution is 2.43. The molecule has 0 aliphatic rings. The van der Waals surface area contributed by atoms with Crippen molar-refractivity contribution in [3.63, 3.8) is 0 Å². The second kappa shape index (κ2) is 9.40. The number of hydrogen-bond acceptors (Lipinski definition) is 4. The van der Waals surface area contributed by atoms with Crippen LogP contribution in [-0.4, -0.2) is 25.5 Å². The Kier molecular flexibility index (Phi) is 5.36. The minimum Gasteiger partial charge on any atom is -0.386 e. The zero-order chi connectivity index (χ0) is 32.7. The molecular weight excluding hydrogens is 559 g/mol. The molecule has 42 heavy (non-hydrogen) atoms. The molecule has 0 saturated carbocycles. The molecule has 8 nitrogen and oxygen atoms in total. The van der Waals surface area contributed by atoms with Crippen LogP contribution in [0.2, 0.25) is 5.02 Å². The Bertz CT molecular complexity index is 2370. The van der Waals surface area contributed by atoms with Gasteiger partial charge in [-0.1, -0.05) is 41.9 Å². The molecule has 0 aliphatic carbocycles. The number of nitrogens with zero attached hydrogens (tertiary/aromatic N) is 1. The van der Waals surface area contributed by atoms with Gasteiger partial charge in [-0.15, -0.1) is 0 Å². The van der Waals surface area contributed by atoms with Crippen LogP contribution in [0.3, 0.4) is 0 Å². The number of halogens is 2. The van der Waals surface area contributed by atoms with Crippen molar-refractivity contribution >= 4 is 50.2 Å². The fraction of sp³-hybridized carbons (Fsp3) is 0.156. The van der Waals surface area contributed by atoms with Crippen LogP contribution in [0.4, 0.5) is 4.39 Å². The summed E-state index contributed by atoms with van der Waals surface area (Å²) in [5, 5.41) is 11.8. The van der Waals surface area contributed by atoms with Gasteiger partial charge >= 0.3 is 5.69 Å². The first-order valence-electron chi connectivity index (χ1n) is 14.4. The van der Waals surface area contributed by atoms with E-state index in [0.29, 0.717) is 44.1 Å². The number of benzene rings is 4. The molecule has 10 heteroatoms. The number of aryl methyl sites for hydroxylation is 1. The number of carbonyl (C=O) groups is 1. The van der Waals surface area contributed by atoms with Gasteiger partial charge in [0.15, 0.2) is 0 Å². The molecule has 0 bridgehead atoms. The maximum absolute atomic E-state index is 15.2. The Morgan fingerprint density at radius 1 is 1.07 bits per heavy atom. The van der Waals surface area contributed by atoms with E-state index in [1.165, 1.54) is 12.1 Å². The predicted octanol–water partition coefficient (Wildman–Crippen LogP) is 5.72. The van der Waals surface area contributed by atoms with Gasteiger partial charge in [-0.05, 0) is 74.1 Å². The number of hydrogen-bond donors (Lipinski definition) is 4. The molecule has 0 spiro atoms. The summed E-state index contributed by atoms with van der Waals surface area (Å²) in [6.07, 6.45) is 0. The van der Waals surface area contributed by atoms with Gasteiger partial charge in [0.05, 0.1) is 33.3 Å². The van der Waals surface area contributed by atoms with E-state index in [2.05, 4.69) is 9.97 Å². The zero-order valence-corrected chi connectivity index (χ0v) is 23.4. The maximum atomic E-state index is 15.2. The average Bonchev–Trinajstić information content (AvgIpc) is 3.32. The second-order valence-electron chi connectivity index (χ2n) is 10.7. The Morgan fingerprint density at radius 2 is 1.81 bits per heavy atom. The monoisotopic (exact) mass is 587 g/mol. The molecule has 1 amide bonds. The lowest BCUT2D eigenvalue weighted by Crippen LogP contribution is -2.34. The smallest absolute Gasteiger partial charge is 0.333 e. The van der Waals surface area contributed by atoms with Crippen molar-refractivity contribution in [3.05, 3.63) is 109 Å². The largest absolute Gasteiger partial charge is 0.386 e. The molecule has 4 aromatic carbocycles. The number of rotatable bonds is 4. The van der Waals surface area contributed by atoms with Crippen LogP contribution in [0, 0.1) is 19.6 Å². The average molecular weight is 588 g/mol. The second-order valence-corrected chi connectivity index (χ2v) is 11.1. The van der Waals surface area contributed by atoms with E-state index >= 15 is 4.39 Å². The minimum absolute atomic E-state index is 0.147. The highest BCUT2D eigenvalue weighted by Gasteiger charge is 2.24. The number of aromatic nitrogens is 3. The summed E-state index contributed by atoms with van der Waals surface area (Å²) in [5.41, 5.74) is 5.11. The molecular formula is C32H26ClFN4O4. The van der Waals surface area contributed by atoms with E-state index in [9.17, 15) is 19.5 Å². The summed E-state index contributed by atoms with van der Waals surface area (Å²) in [5.74, 6) is -1.91. The SMILES string of the molecule is [2H]C([2H])([2H])c1ccc2c(=O)n(-c3cccc(-c4c(Cl)cc(C(N)=O)c5[nH]c6cc(C(C)(C)O)ccc6c45)c3C)c(=O)[nH]c2c1F. The number of nitrogens with two attached hydrogens (primary N) is 1. The van der Waals surface area contributed by atoms with E-state index < -0.39 is 46.5 Å². The standard InChI is InChI=1S/C32H26ClFN4O4/c1-14-8-10-19-28(26(14)34)37-31(41)38(30(19)40)23-7-5-6-17(15(23)2)24-21(33)13-20(29(35)39)27-25(24)18-11-9-16(32(3,4)42)12-22(18)36-27/h5-13,36,42H,1-4H3,(H2,35,39)(H,37,41)/i1D3. The number of fused-ring (bicyclic) bond motifs is 4. The first-order valence-corrected chi connectivity index (χ1v) is 13.3. The Morgan fingerprint density at radius 3 is 2.50 bits per heavy atom. The molecule has 5 N–H and O–H groups in total. The fourth-order valence-electron chi connectivity index (χ4n) is 5.50. The molecule has 2 aromatic heterocycles. The zero-order valence-electron chi connectivity index (χ0n) is 25.6. The van der Waals surface area contributed by atoms with Gasteiger partial charge in [0.1, 0.15) is 5.82 Å². The summed E-state index contributed by atoms with van der Waals surface area (Å²) in [7, 11) is 0. The fourth-order valence-corrected chi connectivity index (χ4v) is 5.80. The van der Waals surface area contributed by atoms with Crippen LogP contribution in [0.25, 0.3) is 49.5 Å². The van der Waals surface area contributed by atoms with Gasteiger partial charge in [0, 0.05) is 31.0 Å². The first-order chi connectivity index (χ1) is 21.0. The summed E-state index contributed by atoms with van der Waals surface area (Å²) < 4.78 is 38.7. The lowest BCUT2D eigenvalue weighted by Gasteiger charge is -2.18. The molecule has 0 saturated heterocycles. The number of carbonyl (C=O) groups excluding carboxylic acids is 1. The summed E-state index contributed by atoms with van der Waals surface area (Å²) in [4.78, 5) is 45.0.